The van der Waals surface area contributed by atoms with Crippen LogP contribution in [0, 0.1) is 0 Å². The van der Waals surface area contributed by atoms with E-state index in [9.17, 15) is 9.59 Å². The molecule has 14 heavy (non-hydrogen) atoms. The van der Waals surface area contributed by atoms with Crippen LogP contribution in [0.15, 0.2) is 10.2 Å². The Bertz CT molecular complexity index is 223. The number of nitrogens with zero attached hydrogens (tertiary/aromatic N) is 2. The molecule has 0 spiro atoms. The summed E-state index contributed by atoms with van der Waals surface area (Å²) in [6.45, 7) is 0. The van der Waals surface area contributed by atoms with Crippen molar-refractivity contribution < 1.29 is 9.59 Å². The number of unbranched alkanes of at least 4 members (excludes halogenated alkanes) is 1. The maximum absolute atomic E-state index is 10.1. The van der Waals surface area contributed by atoms with Crippen molar-refractivity contribution in [2.24, 2.45) is 21.7 Å². The second-order valence-corrected chi connectivity index (χ2v) is 2.15. The van der Waals surface area contributed by atoms with Gasteiger partial charge in [-0.25, -0.2) is 20.4 Å². The SMILES string of the molecule is NC(=O)N/N=C/CC/C=N/NC(N)=O. The van der Waals surface area contributed by atoms with Crippen LogP contribution in [-0.4, -0.2) is 24.5 Å². The fourth-order valence-electron chi connectivity index (χ4n) is 0.497. The summed E-state index contributed by atoms with van der Waals surface area (Å²) < 4.78 is 0. The van der Waals surface area contributed by atoms with Crippen LogP contribution in [0.3, 0.4) is 0 Å². The molecule has 8 heteroatoms. The molecule has 0 aromatic rings. The molecule has 0 heterocycles. The Kier molecular flexibility index (Phi) is 6.39. The van der Waals surface area contributed by atoms with E-state index in [1.165, 1.54) is 12.4 Å². The first-order valence-corrected chi connectivity index (χ1v) is 3.77. The number of hydrazone groups is 2. The summed E-state index contributed by atoms with van der Waals surface area (Å²) in [7, 11) is 0. The molecule has 0 saturated carbocycles. The monoisotopic (exact) mass is 200 g/mol. The Balaban J connectivity index is 3.37. The van der Waals surface area contributed by atoms with Crippen molar-refractivity contribution in [1.82, 2.24) is 10.9 Å². The van der Waals surface area contributed by atoms with Crippen molar-refractivity contribution in [2.75, 3.05) is 0 Å². The molecule has 0 aromatic carbocycles. The second kappa shape index (κ2) is 7.53. The van der Waals surface area contributed by atoms with Crippen molar-refractivity contribution in [3.05, 3.63) is 0 Å². The van der Waals surface area contributed by atoms with Gasteiger partial charge in [0.2, 0.25) is 0 Å². The first kappa shape index (κ1) is 11.9. The van der Waals surface area contributed by atoms with Gasteiger partial charge >= 0.3 is 12.1 Å². The molecule has 4 amide bonds. The van der Waals surface area contributed by atoms with Crippen LogP contribution >= 0.6 is 0 Å². The number of rotatable bonds is 5. The zero-order valence-corrected chi connectivity index (χ0v) is 7.43. The first-order valence-electron chi connectivity index (χ1n) is 3.77. The average Bonchev–Trinajstić information content (AvgIpc) is 2.08. The number of nitrogens with two attached hydrogens (primary N) is 2. The van der Waals surface area contributed by atoms with E-state index in [1.807, 2.05) is 10.9 Å². The van der Waals surface area contributed by atoms with Crippen LogP contribution in [0.2, 0.25) is 0 Å². The normalized spacial score (nSPS) is 10.6. The number of urea groups is 2. The van der Waals surface area contributed by atoms with Crippen molar-refractivity contribution in [1.29, 1.82) is 0 Å². The Labute approximate surface area is 80.4 Å². The fraction of sp³-hybridized carbons (Fsp3) is 0.333. The highest BCUT2D eigenvalue weighted by atomic mass is 16.2. The molecule has 6 N–H and O–H groups in total. The molecule has 0 fully saturated rings. The number of hydrogen-bond acceptors (Lipinski definition) is 4. The molecular weight excluding hydrogens is 188 g/mol. The third-order valence-electron chi connectivity index (χ3n) is 0.957. The standard InChI is InChI=1S/C6H12N6O2/c7-5(13)11-9-3-1-2-4-10-12-6(8)14/h3-4H,1-2H2,(H3,7,11,13)(H3,8,12,14)/b9-3+,10-4+. The number of carbonyl (C=O) groups is 2. The van der Waals surface area contributed by atoms with Gasteiger partial charge in [0.1, 0.15) is 0 Å². The van der Waals surface area contributed by atoms with Gasteiger partial charge in [0.15, 0.2) is 0 Å². The number of hydrogen-bond donors (Lipinski definition) is 4. The van der Waals surface area contributed by atoms with Gasteiger partial charge in [0, 0.05) is 12.4 Å². The Morgan fingerprint density at radius 3 is 1.64 bits per heavy atom. The van der Waals surface area contributed by atoms with E-state index < -0.39 is 12.1 Å². The van der Waals surface area contributed by atoms with E-state index in [-0.39, 0.29) is 0 Å². The maximum Gasteiger partial charge on any atom is 0.332 e. The molecule has 0 aliphatic heterocycles. The largest absolute Gasteiger partial charge is 0.350 e. The third-order valence-corrected chi connectivity index (χ3v) is 0.957. The van der Waals surface area contributed by atoms with Crippen LogP contribution in [0.4, 0.5) is 9.59 Å². The molecule has 0 unspecified atom stereocenters. The Morgan fingerprint density at radius 1 is 1.00 bits per heavy atom. The fourth-order valence-corrected chi connectivity index (χ4v) is 0.497. The van der Waals surface area contributed by atoms with Crippen molar-refractivity contribution >= 4 is 24.5 Å². The minimum atomic E-state index is -0.717. The predicted octanol–water partition coefficient (Wildman–Crippen LogP) is -0.925. The summed E-state index contributed by atoms with van der Waals surface area (Å²) in [4.78, 5) is 20.2. The lowest BCUT2D eigenvalue weighted by Gasteiger charge is -1.90. The van der Waals surface area contributed by atoms with E-state index in [0.717, 1.165) is 0 Å². The van der Waals surface area contributed by atoms with E-state index in [1.54, 1.807) is 0 Å². The number of carbonyl (C=O) groups excluding carboxylic acids is 2. The molecular formula is C6H12N6O2. The van der Waals surface area contributed by atoms with Gasteiger partial charge in [-0.3, -0.25) is 0 Å². The predicted molar refractivity (Wildman–Crippen MR) is 51.7 cm³/mol. The van der Waals surface area contributed by atoms with Crippen LogP contribution in [0.5, 0.6) is 0 Å². The Hall–Kier alpha value is -2.12. The molecule has 0 saturated heterocycles. The molecule has 0 aliphatic carbocycles. The summed E-state index contributed by atoms with van der Waals surface area (Å²) in [5, 5.41) is 6.96. The molecule has 0 bridgehead atoms. The van der Waals surface area contributed by atoms with Crippen molar-refractivity contribution in [2.45, 2.75) is 12.8 Å². The Morgan fingerprint density at radius 2 is 1.36 bits per heavy atom. The highest BCUT2D eigenvalue weighted by Gasteiger charge is 1.84. The van der Waals surface area contributed by atoms with Crippen LogP contribution in [-0.2, 0) is 0 Å². The van der Waals surface area contributed by atoms with Gasteiger partial charge in [-0.15, -0.1) is 0 Å². The van der Waals surface area contributed by atoms with Gasteiger partial charge in [-0.05, 0) is 12.8 Å². The number of primary amides is 2. The van der Waals surface area contributed by atoms with Gasteiger partial charge in [0.05, 0.1) is 0 Å². The number of amides is 4. The van der Waals surface area contributed by atoms with Gasteiger partial charge in [0.25, 0.3) is 0 Å². The summed E-state index contributed by atoms with van der Waals surface area (Å²) in [6.07, 6.45) is 4.04. The van der Waals surface area contributed by atoms with E-state index >= 15 is 0 Å². The smallest absolute Gasteiger partial charge is 0.332 e. The minimum absolute atomic E-state index is 0.560. The van der Waals surface area contributed by atoms with Gasteiger partial charge in [-0.2, -0.15) is 10.2 Å². The average molecular weight is 200 g/mol. The molecule has 0 radical (unpaired) electrons. The van der Waals surface area contributed by atoms with Crippen molar-refractivity contribution in [3.8, 4) is 0 Å². The lowest BCUT2D eigenvalue weighted by Crippen LogP contribution is -2.24. The lowest BCUT2D eigenvalue weighted by molar-refractivity contribution is 0.248. The van der Waals surface area contributed by atoms with Crippen LogP contribution < -0.4 is 22.3 Å². The van der Waals surface area contributed by atoms with Crippen LogP contribution in [0.1, 0.15) is 12.8 Å². The molecule has 0 aromatic heterocycles. The maximum atomic E-state index is 10.1. The quantitative estimate of drug-likeness (QED) is 0.259. The van der Waals surface area contributed by atoms with E-state index in [4.69, 9.17) is 11.5 Å². The number of nitrogens with one attached hydrogen (secondary N) is 2. The summed E-state index contributed by atoms with van der Waals surface area (Å²) >= 11 is 0. The van der Waals surface area contributed by atoms with Crippen molar-refractivity contribution in [3.63, 3.8) is 0 Å². The summed E-state index contributed by atoms with van der Waals surface area (Å²) in [5.41, 5.74) is 13.5. The second-order valence-electron chi connectivity index (χ2n) is 2.15. The van der Waals surface area contributed by atoms with Crippen LogP contribution in [0.25, 0.3) is 0 Å². The zero-order valence-electron chi connectivity index (χ0n) is 7.43. The van der Waals surface area contributed by atoms with E-state index in [2.05, 4.69) is 10.2 Å². The highest BCUT2D eigenvalue weighted by molar-refractivity contribution is 5.74. The molecule has 0 aliphatic rings. The van der Waals surface area contributed by atoms with E-state index in [0.29, 0.717) is 12.8 Å². The molecule has 78 valence electrons. The topological polar surface area (TPSA) is 135 Å². The third kappa shape index (κ3) is 9.88. The highest BCUT2D eigenvalue weighted by Crippen LogP contribution is 1.79. The van der Waals surface area contributed by atoms with Gasteiger partial charge < -0.3 is 11.5 Å². The molecule has 0 rings (SSSR count). The minimum Gasteiger partial charge on any atom is -0.350 e. The molecule has 0 atom stereocenters. The summed E-state index contributed by atoms with van der Waals surface area (Å²) in [5.74, 6) is 0. The zero-order chi connectivity index (χ0) is 10.8. The summed E-state index contributed by atoms with van der Waals surface area (Å²) in [6, 6.07) is -1.43. The molecule has 8 nitrogen and oxygen atoms in total. The first-order chi connectivity index (χ1) is 6.63. The van der Waals surface area contributed by atoms with Gasteiger partial charge in [-0.1, -0.05) is 0 Å². The lowest BCUT2D eigenvalue weighted by atomic mass is 10.3.